The van der Waals surface area contributed by atoms with Gasteiger partial charge in [0.05, 0.1) is 16.2 Å². The zero-order chi connectivity index (χ0) is 19.1. The van der Waals surface area contributed by atoms with Crippen molar-refractivity contribution in [1.82, 2.24) is 4.90 Å². The molecular formula is C21H23NO4S. The lowest BCUT2D eigenvalue weighted by atomic mass is 9.87. The zero-order valence-corrected chi connectivity index (χ0v) is 15.9. The van der Waals surface area contributed by atoms with Gasteiger partial charge in [0.1, 0.15) is 0 Å². The number of benzene rings is 2. The van der Waals surface area contributed by atoms with Crippen LogP contribution in [0.15, 0.2) is 53.4 Å². The molecule has 1 amide bonds. The van der Waals surface area contributed by atoms with Crippen LogP contribution >= 0.6 is 0 Å². The Bertz CT molecular complexity index is 971. The molecule has 0 saturated carbocycles. The second kappa shape index (κ2) is 6.77. The maximum Gasteiger partial charge on any atom is 0.254 e. The van der Waals surface area contributed by atoms with Crippen molar-refractivity contribution >= 4 is 15.7 Å². The van der Waals surface area contributed by atoms with Crippen molar-refractivity contribution in [3.63, 3.8) is 0 Å². The Balaban J connectivity index is 1.58. The number of carbonyl (C=O) groups is 1. The second-order valence-corrected chi connectivity index (χ2v) is 9.47. The molecule has 0 aromatic heterocycles. The van der Waals surface area contributed by atoms with Gasteiger partial charge in [-0.3, -0.25) is 4.79 Å². The van der Waals surface area contributed by atoms with Crippen LogP contribution in [-0.4, -0.2) is 43.2 Å². The van der Waals surface area contributed by atoms with E-state index < -0.39 is 15.4 Å². The minimum absolute atomic E-state index is 0.0698. The van der Waals surface area contributed by atoms with Gasteiger partial charge in [0.25, 0.3) is 5.91 Å². The summed E-state index contributed by atoms with van der Waals surface area (Å²) in [4.78, 5) is 15.2. The number of amides is 1. The third-order valence-corrected chi connectivity index (χ3v) is 7.53. The Hall–Kier alpha value is -2.18. The predicted octanol–water partition coefficient (Wildman–Crippen LogP) is 2.53. The molecule has 142 valence electrons. The van der Waals surface area contributed by atoms with Gasteiger partial charge in [-0.25, -0.2) is 8.42 Å². The summed E-state index contributed by atoms with van der Waals surface area (Å²) >= 11 is 0. The Morgan fingerprint density at radius 3 is 2.56 bits per heavy atom. The van der Waals surface area contributed by atoms with Gasteiger partial charge < -0.3 is 10.0 Å². The van der Waals surface area contributed by atoms with Crippen molar-refractivity contribution < 1.29 is 18.3 Å². The van der Waals surface area contributed by atoms with E-state index in [2.05, 4.69) is 0 Å². The van der Waals surface area contributed by atoms with E-state index in [1.54, 1.807) is 23.1 Å². The Kier molecular flexibility index (Phi) is 4.56. The molecule has 6 heteroatoms. The molecule has 0 radical (unpaired) electrons. The van der Waals surface area contributed by atoms with Crippen LogP contribution in [0.3, 0.4) is 0 Å². The lowest BCUT2D eigenvalue weighted by Gasteiger charge is -2.27. The summed E-state index contributed by atoms with van der Waals surface area (Å²) in [5.74, 6) is -0.0679. The number of nitrogens with zero attached hydrogens (tertiary/aromatic N) is 1. The summed E-state index contributed by atoms with van der Waals surface area (Å²) in [6.07, 6.45) is 2.16. The molecule has 4 rings (SSSR count). The highest BCUT2D eigenvalue weighted by molar-refractivity contribution is 7.91. The molecule has 2 aliphatic rings. The Morgan fingerprint density at radius 2 is 1.78 bits per heavy atom. The fourth-order valence-electron chi connectivity index (χ4n) is 4.19. The van der Waals surface area contributed by atoms with Gasteiger partial charge in [-0.1, -0.05) is 36.4 Å². The number of carbonyl (C=O) groups excluding carboxylic acids is 1. The first-order valence-corrected chi connectivity index (χ1v) is 11.0. The number of aliphatic hydroxyl groups is 1. The number of hydrogen-bond donors (Lipinski definition) is 1. The lowest BCUT2D eigenvalue weighted by molar-refractivity contribution is 0.0212. The van der Waals surface area contributed by atoms with E-state index >= 15 is 0 Å². The largest absolute Gasteiger partial charge is 0.385 e. The van der Waals surface area contributed by atoms with Gasteiger partial charge in [-0.2, -0.15) is 0 Å². The van der Waals surface area contributed by atoms with Gasteiger partial charge >= 0.3 is 0 Å². The monoisotopic (exact) mass is 385 g/mol. The van der Waals surface area contributed by atoms with Crippen molar-refractivity contribution in [3.8, 4) is 0 Å². The summed E-state index contributed by atoms with van der Waals surface area (Å²) in [5.41, 5.74) is 1.08. The van der Waals surface area contributed by atoms with Crippen LogP contribution < -0.4 is 0 Å². The smallest absolute Gasteiger partial charge is 0.254 e. The molecule has 2 aromatic rings. The topological polar surface area (TPSA) is 74.7 Å². The summed E-state index contributed by atoms with van der Waals surface area (Å²) in [7, 11) is -3.26. The third kappa shape index (κ3) is 3.28. The first kappa shape index (κ1) is 18.2. The molecule has 2 aliphatic heterocycles. The van der Waals surface area contributed by atoms with E-state index in [1.807, 2.05) is 30.3 Å². The summed E-state index contributed by atoms with van der Waals surface area (Å²) in [5, 5.41) is 11.1. The van der Waals surface area contributed by atoms with Crippen molar-refractivity contribution in [2.75, 3.05) is 18.8 Å². The molecule has 5 nitrogen and oxygen atoms in total. The molecule has 1 unspecified atom stereocenters. The first-order valence-electron chi connectivity index (χ1n) is 9.33. The van der Waals surface area contributed by atoms with Gasteiger partial charge in [0, 0.05) is 18.7 Å². The zero-order valence-electron chi connectivity index (χ0n) is 15.1. The molecule has 27 heavy (non-hydrogen) atoms. The lowest BCUT2D eigenvalue weighted by Crippen LogP contribution is -2.34. The molecule has 1 fully saturated rings. The quantitative estimate of drug-likeness (QED) is 0.862. The van der Waals surface area contributed by atoms with Crippen LogP contribution in [-0.2, 0) is 21.9 Å². The molecule has 0 aliphatic carbocycles. The van der Waals surface area contributed by atoms with Gasteiger partial charge in [-0.15, -0.1) is 0 Å². The minimum Gasteiger partial charge on any atom is -0.385 e. The number of hydrogen-bond acceptors (Lipinski definition) is 4. The predicted molar refractivity (Wildman–Crippen MR) is 102 cm³/mol. The highest BCUT2D eigenvalue weighted by atomic mass is 32.2. The van der Waals surface area contributed by atoms with E-state index in [4.69, 9.17) is 0 Å². The summed E-state index contributed by atoms with van der Waals surface area (Å²) in [6, 6.07) is 14.5. The second-order valence-electron chi connectivity index (χ2n) is 7.39. The average molecular weight is 385 g/mol. The third-order valence-electron chi connectivity index (χ3n) is 5.73. The maximum atomic E-state index is 13.1. The van der Waals surface area contributed by atoms with Crippen molar-refractivity contribution in [2.45, 2.75) is 36.2 Å². The van der Waals surface area contributed by atoms with Gasteiger partial charge in [0.15, 0.2) is 9.84 Å². The minimum atomic E-state index is -3.26. The van der Waals surface area contributed by atoms with E-state index in [-0.39, 0.29) is 11.7 Å². The molecule has 1 saturated heterocycles. The van der Waals surface area contributed by atoms with Crippen molar-refractivity contribution in [1.29, 1.82) is 0 Å². The molecular weight excluding hydrogens is 362 g/mol. The van der Waals surface area contributed by atoms with Crippen molar-refractivity contribution in [2.24, 2.45) is 0 Å². The number of sulfone groups is 1. The number of fused-ring (bicyclic) bond motifs is 1. The van der Waals surface area contributed by atoms with E-state index in [1.165, 1.54) is 0 Å². The Labute approximate surface area is 159 Å². The van der Waals surface area contributed by atoms with Crippen molar-refractivity contribution in [3.05, 3.63) is 65.2 Å². The van der Waals surface area contributed by atoms with Crippen LogP contribution in [0.1, 0.15) is 40.7 Å². The maximum absolute atomic E-state index is 13.1. The van der Waals surface area contributed by atoms with E-state index in [9.17, 15) is 18.3 Å². The molecule has 0 bridgehead atoms. The van der Waals surface area contributed by atoms with Crippen LogP contribution in [0.4, 0.5) is 0 Å². The van der Waals surface area contributed by atoms with Crippen LogP contribution in [0.5, 0.6) is 0 Å². The van der Waals surface area contributed by atoms with E-state index in [0.717, 1.165) is 5.56 Å². The normalized spacial score (nSPS) is 24.3. The van der Waals surface area contributed by atoms with Crippen LogP contribution in [0.2, 0.25) is 0 Å². The van der Waals surface area contributed by atoms with Crippen LogP contribution in [0, 0.1) is 0 Å². The number of likely N-dealkylation sites (tertiary alicyclic amines) is 1. The average Bonchev–Trinajstić information content (AvgIpc) is 2.86. The van der Waals surface area contributed by atoms with E-state index in [0.29, 0.717) is 54.8 Å². The molecule has 2 aromatic carbocycles. The number of rotatable bonds is 2. The summed E-state index contributed by atoms with van der Waals surface area (Å²) in [6.45, 7) is 1.00. The first-order chi connectivity index (χ1) is 12.9. The Morgan fingerprint density at radius 1 is 1.00 bits per heavy atom. The van der Waals surface area contributed by atoms with Crippen LogP contribution in [0.25, 0.3) is 0 Å². The molecule has 2 heterocycles. The van der Waals surface area contributed by atoms with Gasteiger partial charge in [0.2, 0.25) is 0 Å². The fourth-order valence-corrected chi connectivity index (χ4v) is 5.76. The highest BCUT2D eigenvalue weighted by Gasteiger charge is 2.35. The molecule has 1 atom stereocenters. The fraction of sp³-hybridized carbons (Fsp3) is 0.381. The highest BCUT2D eigenvalue weighted by Crippen LogP contribution is 2.34. The standard InChI is InChI=1S/C21H23NO4S/c23-20(18-8-4-9-19-17(18)10-15-27(19,25)26)22-13-5-11-21(24,12-14-22)16-6-2-1-3-7-16/h1-4,6-9,24H,5,10-15H2. The molecule has 0 spiro atoms. The molecule has 1 N–H and O–H groups in total. The SMILES string of the molecule is O=C(c1cccc2c1CCS2(=O)=O)N1CCCC(O)(c2ccccc2)CC1. The van der Waals surface area contributed by atoms with Gasteiger partial charge in [-0.05, 0) is 48.9 Å². The summed E-state index contributed by atoms with van der Waals surface area (Å²) < 4.78 is 24.3.